The molecule has 9 atom stereocenters. The average molecular weight is 1290 g/mol. The first-order valence-corrected chi connectivity index (χ1v) is 31.2. The van der Waals surface area contributed by atoms with E-state index in [2.05, 4.69) is 57.5 Å². The van der Waals surface area contributed by atoms with Crippen LogP contribution in [0.2, 0.25) is 0 Å². The first-order valence-electron chi connectivity index (χ1n) is 31.2. The fourth-order valence-corrected chi connectivity index (χ4v) is 10.9. The summed E-state index contributed by atoms with van der Waals surface area (Å²) < 4.78 is 0. The molecular formula is C63H88N18O12. The number of carboxylic acid groups (broad SMARTS) is 1. The number of hydrogen-bond acceptors (Lipinski definition) is 16. The molecule has 1 fully saturated rings. The van der Waals surface area contributed by atoms with Crippen molar-refractivity contribution in [2.45, 2.75) is 157 Å². The molecule has 6 rings (SSSR count). The number of nitrogens with zero attached hydrogens (tertiary/aromatic N) is 2. The number of guanidine groups is 1. The van der Waals surface area contributed by atoms with Gasteiger partial charge in [-0.3, -0.25) is 48.6 Å². The van der Waals surface area contributed by atoms with Crippen molar-refractivity contribution in [2.24, 2.45) is 28.7 Å². The number of primary amides is 1. The minimum absolute atomic E-state index is 0.0314. The van der Waals surface area contributed by atoms with Crippen LogP contribution < -0.4 is 71.2 Å². The van der Waals surface area contributed by atoms with Crippen molar-refractivity contribution in [3.63, 3.8) is 0 Å². The maximum atomic E-state index is 14.7. The van der Waals surface area contributed by atoms with Crippen molar-refractivity contribution < 1.29 is 58.2 Å². The molecule has 30 nitrogen and oxygen atoms in total. The predicted octanol–water partition coefficient (Wildman–Crippen LogP) is -1.55. The second kappa shape index (κ2) is 36.8. The summed E-state index contributed by atoms with van der Waals surface area (Å²) in [5.41, 5.74) is 31.9. The number of imidazole rings is 1. The summed E-state index contributed by atoms with van der Waals surface area (Å²) in [5.74, 6) is -8.93. The van der Waals surface area contributed by atoms with E-state index in [-0.39, 0.29) is 101 Å². The number of hydrogen-bond donors (Lipinski definition) is 18. The molecule has 93 heavy (non-hydrogen) atoms. The number of aromatic hydroxyl groups is 1. The number of unbranched alkanes of at least 4 members (excludes halogenated alkanes) is 2. The van der Waals surface area contributed by atoms with E-state index in [9.17, 15) is 58.2 Å². The van der Waals surface area contributed by atoms with Crippen LogP contribution in [0.4, 0.5) is 0 Å². The van der Waals surface area contributed by atoms with Crippen LogP contribution in [0.5, 0.6) is 5.75 Å². The number of nitrogens with two attached hydrogens (primary N) is 5. The Bertz CT molecular complexity index is 3310. The van der Waals surface area contributed by atoms with Crippen LogP contribution >= 0.6 is 0 Å². The number of amides is 9. The smallest absolute Gasteiger partial charge is 0.326 e. The van der Waals surface area contributed by atoms with E-state index in [4.69, 9.17) is 34.1 Å². The number of para-hydroxylation sites is 1. The van der Waals surface area contributed by atoms with Crippen LogP contribution in [-0.2, 0) is 73.6 Å². The topological polar surface area (TPSA) is 509 Å². The molecule has 1 aliphatic heterocycles. The van der Waals surface area contributed by atoms with Crippen molar-refractivity contribution >= 4 is 76.0 Å². The molecule has 30 heteroatoms. The summed E-state index contributed by atoms with van der Waals surface area (Å²) in [5, 5.41) is 49.7. The molecule has 0 aliphatic carbocycles. The van der Waals surface area contributed by atoms with Crippen LogP contribution in [0.25, 0.3) is 10.9 Å². The molecule has 2 aromatic heterocycles. The number of phenolic OH excluding ortho intramolecular Hbond substituents is 1. The summed E-state index contributed by atoms with van der Waals surface area (Å²) in [6.07, 6.45) is 5.49. The van der Waals surface area contributed by atoms with Gasteiger partial charge in [-0.1, -0.05) is 60.7 Å². The van der Waals surface area contributed by atoms with Crippen LogP contribution in [0.15, 0.2) is 97.6 Å². The third-order valence-electron chi connectivity index (χ3n) is 15.9. The van der Waals surface area contributed by atoms with Gasteiger partial charge >= 0.3 is 5.97 Å². The number of rotatable bonds is 39. The van der Waals surface area contributed by atoms with Crippen LogP contribution in [0.1, 0.15) is 99.4 Å². The van der Waals surface area contributed by atoms with E-state index < -0.39 is 126 Å². The van der Waals surface area contributed by atoms with Gasteiger partial charge in [-0.05, 0) is 125 Å². The second-order valence-electron chi connectivity index (χ2n) is 23.0. The highest BCUT2D eigenvalue weighted by molar-refractivity contribution is 5.99. The van der Waals surface area contributed by atoms with Crippen LogP contribution in [0.3, 0.4) is 0 Å². The van der Waals surface area contributed by atoms with E-state index in [1.54, 1.807) is 54.7 Å². The van der Waals surface area contributed by atoms with Crippen molar-refractivity contribution in [3.05, 3.63) is 120 Å². The lowest BCUT2D eigenvalue weighted by molar-refractivity contribution is -0.142. The number of aromatic nitrogens is 3. The standard InChI is InChI=1S/C63H88N18O12/c64-26-8-6-16-45(55(85)78-49(32-39-34-72-44-15-5-4-14-42(39)44)58(88)77-48(62(92)93)17-7-9-27-65)74-57(87)47(24-25-53(67)83)75-59(89)50(33-40-35-70-36-73-40)79-56(86)46(18-10-28-71-63(68)69)76-60(90)52-19-11-29-81(52)61(91)51(31-37-12-2-1-3-13-37)80-54(84)43(66)30-38-20-22-41(82)23-21-38/h1-5,12-15,20-23,34-36,43,45-52,72,82H,6-11,16-19,24-33,64-66H2,(H2,67,83)(H,70,73)(H,74,87)(H,75,89)(H,76,90)(H,77,88)(H,78,85)(H,79,86)(H,80,84)(H,92,93)(H4,68,69,71)/t43-,45-,46-,47-,48-,49-,50-,51-,52-/m0/s1. The molecule has 23 N–H and O–H groups in total. The predicted molar refractivity (Wildman–Crippen MR) is 344 cm³/mol. The normalized spacial score (nSPS) is 15.4. The van der Waals surface area contributed by atoms with Gasteiger partial charge in [0.05, 0.1) is 18.1 Å². The fraction of sp³-hybridized carbons (Fsp3) is 0.460. The van der Waals surface area contributed by atoms with E-state index in [0.717, 1.165) is 10.9 Å². The minimum atomic E-state index is -1.60. The number of phenols is 1. The number of carbonyl (C=O) groups excluding carboxylic acids is 9. The third kappa shape index (κ3) is 23.0. The molecule has 3 aromatic carbocycles. The zero-order chi connectivity index (χ0) is 67.4. The highest BCUT2D eigenvalue weighted by atomic mass is 16.4. The number of likely N-dealkylation sites (tertiary alicyclic amines) is 1. The molecule has 9 amide bonds. The Morgan fingerprint density at radius 1 is 0.602 bits per heavy atom. The van der Waals surface area contributed by atoms with E-state index >= 15 is 0 Å². The maximum absolute atomic E-state index is 14.7. The summed E-state index contributed by atoms with van der Waals surface area (Å²) in [7, 11) is 0. The van der Waals surface area contributed by atoms with Crippen molar-refractivity contribution in [1.29, 1.82) is 5.41 Å². The third-order valence-corrected chi connectivity index (χ3v) is 15.9. The number of aliphatic carboxylic acids is 1. The lowest BCUT2D eigenvalue weighted by Gasteiger charge is -2.31. The number of benzene rings is 3. The molecule has 1 saturated heterocycles. The molecule has 1 aliphatic rings. The summed E-state index contributed by atoms with van der Waals surface area (Å²) in [6.45, 7) is 0.707. The van der Waals surface area contributed by atoms with Gasteiger partial charge in [0.15, 0.2) is 5.96 Å². The highest BCUT2D eigenvalue weighted by Gasteiger charge is 2.40. The molecule has 3 heterocycles. The van der Waals surface area contributed by atoms with Gasteiger partial charge in [-0.25, -0.2) is 9.78 Å². The molecule has 0 bridgehead atoms. The molecular weight excluding hydrogens is 1200 g/mol. The number of carboxylic acids is 1. The second-order valence-corrected chi connectivity index (χ2v) is 23.0. The molecule has 502 valence electrons. The SMILES string of the molecule is N=C(N)NCCC[C@H](NC(=O)[C@@H]1CCCN1C(=O)[C@H](Cc1ccccc1)NC(=O)[C@@H](N)Cc1ccc(O)cc1)C(=O)N[C@@H](Cc1c[nH]cn1)C(=O)N[C@@H](CCC(N)=O)C(=O)N[C@@H](CCCCN)C(=O)N[C@@H](Cc1c[nH]c2ccccc12)C(=O)N[C@@H](CCCCN)C(=O)O. The molecule has 0 spiro atoms. The number of nitrogens with one attached hydrogen (secondary N) is 11. The van der Waals surface area contributed by atoms with Crippen LogP contribution in [-0.4, -0.2) is 176 Å². The van der Waals surface area contributed by atoms with Gasteiger partial charge in [0.2, 0.25) is 53.2 Å². The summed E-state index contributed by atoms with van der Waals surface area (Å²) >= 11 is 0. The van der Waals surface area contributed by atoms with Crippen molar-refractivity contribution in [1.82, 2.24) is 62.4 Å². The first kappa shape index (κ1) is 72.1. The zero-order valence-electron chi connectivity index (χ0n) is 51.8. The highest BCUT2D eigenvalue weighted by Crippen LogP contribution is 2.23. The maximum Gasteiger partial charge on any atom is 0.326 e. The first-order chi connectivity index (χ1) is 44.6. The Morgan fingerprint density at radius 3 is 1.76 bits per heavy atom. The number of H-pyrrole nitrogens is 2. The Balaban J connectivity index is 1.23. The lowest BCUT2D eigenvalue weighted by Crippen LogP contribution is -2.60. The van der Waals surface area contributed by atoms with E-state index in [1.807, 2.05) is 18.2 Å². The number of fused-ring (bicyclic) bond motifs is 1. The summed E-state index contributed by atoms with van der Waals surface area (Å²) in [6, 6.07) is 10.2. The molecule has 5 aromatic rings. The van der Waals surface area contributed by atoms with Gasteiger partial charge in [0.1, 0.15) is 54.1 Å². The Labute approximate surface area is 537 Å². The van der Waals surface area contributed by atoms with Gasteiger partial charge in [0, 0.05) is 62.1 Å². The Morgan fingerprint density at radius 2 is 1.15 bits per heavy atom. The summed E-state index contributed by atoms with van der Waals surface area (Å²) in [4.78, 5) is 152. The fourth-order valence-electron chi connectivity index (χ4n) is 10.9. The van der Waals surface area contributed by atoms with E-state index in [0.29, 0.717) is 48.9 Å². The zero-order valence-corrected chi connectivity index (χ0v) is 51.8. The number of carbonyl (C=O) groups is 10. The monoisotopic (exact) mass is 1290 g/mol. The quantitative estimate of drug-likeness (QED) is 0.0120. The van der Waals surface area contributed by atoms with Crippen LogP contribution in [0, 0.1) is 5.41 Å². The molecule has 0 radical (unpaired) electrons. The van der Waals surface area contributed by atoms with Gasteiger partial charge in [-0.2, -0.15) is 0 Å². The average Bonchev–Trinajstić information content (AvgIpc) is 1.77. The van der Waals surface area contributed by atoms with Crippen molar-refractivity contribution in [3.8, 4) is 5.75 Å². The number of aromatic amines is 2. The Kier molecular flexibility index (Phi) is 28.5. The van der Waals surface area contributed by atoms with Gasteiger partial charge in [-0.15, -0.1) is 0 Å². The molecule has 0 saturated carbocycles. The Hall–Kier alpha value is -9.94. The largest absolute Gasteiger partial charge is 0.508 e. The van der Waals surface area contributed by atoms with Gasteiger partial charge < -0.3 is 96.3 Å². The lowest BCUT2D eigenvalue weighted by atomic mass is 10.0. The van der Waals surface area contributed by atoms with Crippen molar-refractivity contribution in [2.75, 3.05) is 26.2 Å². The molecule has 0 unspecified atom stereocenters. The van der Waals surface area contributed by atoms with Gasteiger partial charge in [0.25, 0.3) is 0 Å². The van der Waals surface area contributed by atoms with E-state index in [1.165, 1.54) is 29.6 Å². The minimum Gasteiger partial charge on any atom is -0.508 e.